The Morgan fingerprint density at radius 3 is 1.58 bits per heavy atom. The molecule has 4 nitrogen and oxygen atoms in total. The number of carbonyl (C=O) groups excluding carboxylic acids is 1. The lowest BCUT2D eigenvalue weighted by Crippen LogP contribution is -2.04. The van der Waals surface area contributed by atoms with Gasteiger partial charge in [-0.3, -0.25) is 4.79 Å². The predicted molar refractivity (Wildman–Crippen MR) is 186 cm³/mol. The number of ether oxygens (including phenoxy) is 1. The molecule has 0 fully saturated rings. The van der Waals surface area contributed by atoms with Gasteiger partial charge in [-0.15, -0.1) is 0 Å². The smallest absolute Gasteiger partial charge is 0.302 e. The van der Waals surface area contributed by atoms with Gasteiger partial charge >= 0.3 is 5.97 Å². The van der Waals surface area contributed by atoms with Gasteiger partial charge in [0.2, 0.25) is 0 Å². The molecule has 0 aromatic heterocycles. The van der Waals surface area contributed by atoms with Crippen molar-refractivity contribution in [1.82, 2.24) is 0 Å². The molecule has 236 valence electrons. The number of allylic oxidation sites excluding steroid dienone is 14. The minimum Gasteiger partial charge on any atom is -0.462 e. The van der Waals surface area contributed by atoms with Crippen LogP contribution in [0.15, 0.2) is 129 Å². The Morgan fingerprint density at radius 2 is 1.14 bits per heavy atom. The van der Waals surface area contributed by atoms with Crippen molar-refractivity contribution < 1.29 is 17.9 Å². The van der Waals surface area contributed by atoms with Crippen molar-refractivity contribution in [3.63, 3.8) is 0 Å². The van der Waals surface area contributed by atoms with E-state index in [0.717, 1.165) is 36.8 Å². The van der Waals surface area contributed by atoms with Gasteiger partial charge in [0.25, 0.3) is 0 Å². The highest BCUT2D eigenvalue weighted by atomic mass is 32.2. The summed E-state index contributed by atoms with van der Waals surface area (Å²) in [5.74, 6) is -0.223. The van der Waals surface area contributed by atoms with E-state index >= 15 is 0 Å². The standard InChI is InChI=1S/C21H28O2S.C17H26O2/c1-18(2)10-8-11-19(3)12-9-13-20(4)16-17-24(22,23)21-14-6-5-7-15-21;1-14(2)8-6-9-15(3)10-7-11-16(4)12-13-19-17(5)18/h5-7,9-10,12-16H,8,11,17H2,1-4H3;7-8,10-12H,6,9,13H2,1-5H3/b13-9+,19-12+,20-16+;11-7+,15-10+,16-12+. The van der Waals surface area contributed by atoms with Crippen LogP contribution in [0.3, 0.4) is 0 Å². The highest BCUT2D eigenvalue weighted by Gasteiger charge is 2.11. The van der Waals surface area contributed by atoms with Gasteiger partial charge in [0.05, 0.1) is 10.6 Å². The first-order chi connectivity index (χ1) is 20.2. The predicted octanol–water partition coefficient (Wildman–Crippen LogP) is 10.4. The molecule has 0 bridgehead atoms. The molecule has 1 aromatic rings. The molecule has 0 amide bonds. The Morgan fingerprint density at radius 1 is 0.674 bits per heavy atom. The first-order valence-electron chi connectivity index (χ1n) is 14.9. The summed E-state index contributed by atoms with van der Waals surface area (Å²) < 4.78 is 29.3. The second-order valence-electron chi connectivity index (χ2n) is 11.2. The maximum Gasteiger partial charge on any atom is 0.302 e. The zero-order chi connectivity index (χ0) is 32.7. The number of hydrogen-bond donors (Lipinski definition) is 0. The van der Waals surface area contributed by atoms with Crippen molar-refractivity contribution in [2.45, 2.75) is 92.9 Å². The van der Waals surface area contributed by atoms with E-state index in [1.54, 1.807) is 30.3 Å². The lowest BCUT2D eigenvalue weighted by molar-refractivity contribution is -0.139. The van der Waals surface area contributed by atoms with Crippen LogP contribution in [0.25, 0.3) is 0 Å². The average molecular weight is 607 g/mol. The van der Waals surface area contributed by atoms with Gasteiger partial charge in [0.1, 0.15) is 6.61 Å². The fourth-order valence-corrected chi connectivity index (χ4v) is 4.71. The van der Waals surface area contributed by atoms with E-state index in [1.807, 2.05) is 50.3 Å². The molecule has 0 aliphatic rings. The van der Waals surface area contributed by atoms with Gasteiger partial charge in [-0.2, -0.15) is 0 Å². The molecule has 0 spiro atoms. The molecule has 0 aliphatic heterocycles. The van der Waals surface area contributed by atoms with Crippen LogP contribution in [0, 0.1) is 0 Å². The highest BCUT2D eigenvalue weighted by Crippen LogP contribution is 2.12. The van der Waals surface area contributed by atoms with Gasteiger partial charge < -0.3 is 4.74 Å². The van der Waals surface area contributed by atoms with Crippen LogP contribution in [0.4, 0.5) is 0 Å². The maximum atomic E-state index is 12.2. The summed E-state index contributed by atoms with van der Waals surface area (Å²) in [7, 11) is -3.25. The van der Waals surface area contributed by atoms with Crippen LogP contribution in [-0.4, -0.2) is 26.7 Å². The Hall–Kier alpha value is -3.44. The number of esters is 1. The van der Waals surface area contributed by atoms with E-state index in [-0.39, 0.29) is 11.7 Å². The van der Waals surface area contributed by atoms with Gasteiger partial charge in [-0.05, 0) is 99.3 Å². The normalized spacial score (nSPS) is 13.0. The van der Waals surface area contributed by atoms with E-state index < -0.39 is 9.84 Å². The first kappa shape index (κ1) is 39.6. The van der Waals surface area contributed by atoms with Gasteiger partial charge in [0.15, 0.2) is 9.84 Å². The molecule has 1 aromatic carbocycles. The monoisotopic (exact) mass is 606 g/mol. The molecule has 5 heteroatoms. The molecule has 0 aliphatic carbocycles. The quantitative estimate of drug-likeness (QED) is 0.113. The Balaban J connectivity index is 0.000000846. The topological polar surface area (TPSA) is 60.4 Å². The molecule has 43 heavy (non-hydrogen) atoms. The van der Waals surface area contributed by atoms with Crippen molar-refractivity contribution in [2.75, 3.05) is 12.4 Å². The van der Waals surface area contributed by atoms with Gasteiger partial charge in [-0.25, -0.2) is 8.42 Å². The van der Waals surface area contributed by atoms with Crippen LogP contribution in [0.1, 0.15) is 88.0 Å². The van der Waals surface area contributed by atoms with E-state index in [1.165, 1.54) is 29.2 Å². The highest BCUT2D eigenvalue weighted by molar-refractivity contribution is 7.91. The molecule has 1 rings (SSSR count). The molecular formula is C38H54O4S. The number of sulfone groups is 1. The summed E-state index contributed by atoms with van der Waals surface area (Å²) >= 11 is 0. The lowest BCUT2D eigenvalue weighted by atomic mass is 10.1. The first-order valence-corrected chi connectivity index (χ1v) is 16.6. The van der Waals surface area contributed by atoms with Crippen LogP contribution >= 0.6 is 0 Å². The average Bonchev–Trinajstić information content (AvgIpc) is 2.92. The third kappa shape index (κ3) is 23.8. The zero-order valence-electron chi connectivity index (χ0n) is 27.9. The molecular weight excluding hydrogens is 552 g/mol. The summed E-state index contributed by atoms with van der Waals surface area (Å²) in [6.07, 6.45) is 24.6. The van der Waals surface area contributed by atoms with Crippen molar-refractivity contribution >= 4 is 15.8 Å². The van der Waals surface area contributed by atoms with Crippen molar-refractivity contribution in [3.8, 4) is 0 Å². The van der Waals surface area contributed by atoms with Crippen LogP contribution in [0.2, 0.25) is 0 Å². The fourth-order valence-electron chi connectivity index (χ4n) is 3.46. The number of carbonyl (C=O) groups is 1. The molecule has 0 unspecified atom stereocenters. The molecule has 0 heterocycles. The van der Waals surface area contributed by atoms with E-state index in [4.69, 9.17) is 4.74 Å². The summed E-state index contributed by atoms with van der Waals surface area (Å²) in [4.78, 5) is 11.0. The van der Waals surface area contributed by atoms with Crippen molar-refractivity contribution in [1.29, 1.82) is 0 Å². The SMILES string of the molecule is CC(=O)OC/C=C(C)/C=C/C=C(\C)CCC=C(C)C.CC(C)=CCC/C(C)=C/C=C/C(C)=C/CS(=O)(=O)c1ccccc1. The third-order valence-corrected chi connectivity index (χ3v) is 7.68. The Bertz CT molecular complexity index is 1320. The van der Waals surface area contributed by atoms with Crippen molar-refractivity contribution in [2.24, 2.45) is 0 Å². The van der Waals surface area contributed by atoms with Crippen LogP contribution in [0.5, 0.6) is 0 Å². The summed E-state index contributed by atoms with van der Waals surface area (Å²) in [6.45, 7) is 18.4. The van der Waals surface area contributed by atoms with Crippen molar-refractivity contribution in [3.05, 3.63) is 125 Å². The summed E-state index contributed by atoms with van der Waals surface area (Å²) in [5, 5.41) is 0. The summed E-state index contributed by atoms with van der Waals surface area (Å²) in [6, 6.07) is 8.56. The second kappa shape index (κ2) is 23.1. The van der Waals surface area contributed by atoms with Crippen LogP contribution < -0.4 is 0 Å². The zero-order valence-corrected chi connectivity index (χ0v) is 28.8. The lowest BCUT2D eigenvalue weighted by Gasteiger charge is -2.01. The maximum absolute atomic E-state index is 12.2. The van der Waals surface area contributed by atoms with Gasteiger partial charge in [-0.1, -0.05) is 106 Å². The third-order valence-electron chi connectivity index (χ3n) is 6.08. The number of hydrogen-bond acceptors (Lipinski definition) is 4. The second-order valence-corrected chi connectivity index (χ2v) is 13.2. The minimum atomic E-state index is -3.25. The molecule has 0 saturated heterocycles. The number of benzene rings is 1. The van der Waals surface area contributed by atoms with E-state index in [0.29, 0.717) is 11.5 Å². The van der Waals surface area contributed by atoms with Gasteiger partial charge in [0, 0.05) is 6.92 Å². The largest absolute Gasteiger partial charge is 0.462 e. The number of rotatable bonds is 15. The molecule has 0 radical (unpaired) electrons. The Kier molecular flexibility index (Phi) is 21.2. The van der Waals surface area contributed by atoms with Crippen LogP contribution in [-0.2, 0) is 19.4 Å². The van der Waals surface area contributed by atoms with E-state index in [2.05, 4.69) is 65.8 Å². The molecule has 0 saturated carbocycles. The molecule has 0 atom stereocenters. The fraction of sp³-hybridized carbons (Fsp3) is 0.395. The minimum absolute atomic E-state index is 0.0243. The summed E-state index contributed by atoms with van der Waals surface area (Å²) in [5.41, 5.74) is 7.43. The van der Waals surface area contributed by atoms with E-state index in [9.17, 15) is 13.2 Å². The molecule has 0 N–H and O–H groups in total. The Labute approximate surface area is 262 Å².